The van der Waals surface area contributed by atoms with Crippen LogP contribution in [0.1, 0.15) is 29.4 Å². The lowest BCUT2D eigenvalue weighted by Gasteiger charge is -2.07. The molecule has 162 valence electrons. The van der Waals surface area contributed by atoms with Gasteiger partial charge in [0.1, 0.15) is 17.3 Å². The Balaban J connectivity index is 1.65. The summed E-state index contributed by atoms with van der Waals surface area (Å²) in [7, 11) is -4.40. The maximum Gasteiger partial charge on any atom is 0.273 e. The maximum atomic E-state index is 12.8. The summed E-state index contributed by atoms with van der Waals surface area (Å²) in [6, 6.07) is 8.33. The third-order valence-corrected chi connectivity index (χ3v) is 9.11. The highest BCUT2D eigenvalue weighted by atomic mass is 32.3. The molecule has 1 amide bonds. The smallest absolute Gasteiger partial charge is 0.273 e. The maximum absolute atomic E-state index is 12.8. The quantitative estimate of drug-likeness (QED) is 0.452. The second-order valence-electron chi connectivity index (χ2n) is 7.81. The van der Waals surface area contributed by atoms with Crippen molar-refractivity contribution >= 4 is 26.0 Å². The van der Waals surface area contributed by atoms with E-state index in [9.17, 15) is 22.0 Å². The van der Waals surface area contributed by atoms with Gasteiger partial charge in [0.2, 0.25) is 15.9 Å². The zero-order valence-electron chi connectivity index (χ0n) is 16.5. The van der Waals surface area contributed by atoms with E-state index in [1.807, 2.05) is 12.1 Å². The Bertz CT molecular complexity index is 1110. The lowest BCUT2D eigenvalue weighted by atomic mass is 10.1. The van der Waals surface area contributed by atoms with Crippen molar-refractivity contribution in [2.45, 2.75) is 24.9 Å². The molecule has 2 fully saturated rings. The summed E-state index contributed by atoms with van der Waals surface area (Å²) in [6.45, 7) is 0. The molecule has 1 unspecified atom stereocenters. The Morgan fingerprint density at radius 1 is 1.30 bits per heavy atom. The molecular formula is C19H25N3O6S2+2. The van der Waals surface area contributed by atoms with Crippen molar-refractivity contribution in [3.8, 4) is 17.0 Å². The average molecular weight is 456 g/mol. The van der Waals surface area contributed by atoms with E-state index in [2.05, 4.69) is 10.4 Å². The third-order valence-electron chi connectivity index (χ3n) is 5.57. The summed E-state index contributed by atoms with van der Waals surface area (Å²) in [5.41, 5.74) is 1.79. The summed E-state index contributed by atoms with van der Waals surface area (Å²) in [5, 5.41) is 5.87. The first kappa shape index (κ1) is 21.0. The second kappa shape index (κ2) is 7.78. The average Bonchev–Trinajstić information content (AvgIpc) is 3.38. The fourth-order valence-corrected chi connectivity index (χ4v) is 7.38. The number of nitrogens with one attached hydrogen (secondary N) is 2. The van der Waals surface area contributed by atoms with Gasteiger partial charge in [-0.1, -0.05) is 4.21 Å². The number of carbonyl (C=O) groups is 1. The topological polar surface area (TPSA) is 129 Å². The summed E-state index contributed by atoms with van der Waals surface area (Å²) >= 11 is 0. The molecular weight excluding hydrogens is 430 g/mol. The van der Waals surface area contributed by atoms with Gasteiger partial charge in [-0.25, -0.2) is 8.42 Å². The van der Waals surface area contributed by atoms with Gasteiger partial charge in [0.25, 0.3) is 5.91 Å². The van der Waals surface area contributed by atoms with E-state index >= 15 is 0 Å². The zero-order chi connectivity index (χ0) is 21.5. The number of ether oxygens (including phenoxy) is 1. The SMILES string of the molecule is COc1ccc(-c2cc(C(=O)N[C@@H]3CC[S+](=O)(O)C3)[nH][n+]2[C@@H]2CCS(=O)(=O)C2)cc1. The van der Waals surface area contributed by atoms with Crippen molar-refractivity contribution in [3.05, 3.63) is 36.0 Å². The first-order chi connectivity index (χ1) is 14.2. The molecule has 2 aliphatic heterocycles. The van der Waals surface area contributed by atoms with Crippen molar-refractivity contribution in [2.24, 2.45) is 0 Å². The van der Waals surface area contributed by atoms with Crippen molar-refractivity contribution in [1.82, 2.24) is 10.4 Å². The highest BCUT2D eigenvalue weighted by molar-refractivity contribution is 7.98. The Morgan fingerprint density at radius 3 is 2.60 bits per heavy atom. The minimum atomic E-state index is -3.12. The van der Waals surface area contributed by atoms with Gasteiger partial charge in [-0.15, -0.1) is 4.68 Å². The molecule has 0 spiro atoms. The summed E-state index contributed by atoms with van der Waals surface area (Å²) in [6.07, 6.45) is 0.918. The molecule has 0 radical (unpaired) electrons. The predicted molar refractivity (Wildman–Crippen MR) is 112 cm³/mol. The summed E-state index contributed by atoms with van der Waals surface area (Å²) in [4.78, 5) is 12.8. The number of aromatic nitrogens is 2. The van der Waals surface area contributed by atoms with E-state index in [1.165, 1.54) is 0 Å². The number of hydrogen-bond acceptors (Lipinski definition) is 5. The molecule has 1 aromatic heterocycles. The molecule has 4 rings (SSSR count). The van der Waals surface area contributed by atoms with E-state index in [1.54, 1.807) is 30.0 Å². The van der Waals surface area contributed by atoms with E-state index in [-0.39, 0.29) is 46.7 Å². The first-order valence-corrected chi connectivity index (χ1v) is 13.4. The molecule has 0 saturated carbocycles. The Hall–Kier alpha value is -2.24. The number of H-pyrrole nitrogens is 1. The van der Waals surface area contributed by atoms with Crippen LogP contribution in [-0.4, -0.2) is 60.1 Å². The standard InChI is InChI=1S/C19H23N3O6S2/c1-28-16-4-2-13(3-5-16)18-10-17(19(23)20-14-6-8-29(24,25)11-14)21-22(18)15-7-9-30(26,27)12-15/h2-5,10,14-15H,6-9,11-12H2,1H3,(H-,20,23,24,25)/p+2/t14-,15-/m1/s1. The Labute approximate surface area is 176 Å². The van der Waals surface area contributed by atoms with E-state index in [0.717, 1.165) is 5.56 Å². The highest BCUT2D eigenvalue weighted by Crippen LogP contribution is 2.25. The monoisotopic (exact) mass is 455 g/mol. The van der Waals surface area contributed by atoms with Gasteiger partial charge in [0, 0.05) is 24.5 Å². The zero-order valence-corrected chi connectivity index (χ0v) is 18.2. The van der Waals surface area contributed by atoms with Crippen LogP contribution in [0.5, 0.6) is 5.75 Å². The van der Waals surface area contributed by atoms with Crippen molar-refractivity contribution < 1.29 is 31.4 Å². The molecule has 3 heterocycles. The highest BCUT2D eigenvalue weighted by Gasteiger charge is 2.41. The number of rotatable bonds is 5. The van der Waals surface area contributed by atoms with Crippen LogP contribution >= 0.6 is 0 Å². The molecule has 0 bridgehead atoms. The van der Waals surface area contributed by atoms with E-state index in [0.29, 0.717) is 24.3 Å². The Kier molecular flexibility index (Phi) is 5.45. The van der Waals surface area contributed by atoms with Crippen LogP contribution in [0.25, 0.3) is 11.3 Å². The van der Waals surface area contributed by atoms with Crippen LogP contribution in [0.2, 0.25) is 0 Å². The molecule has 30 heavy (non-hydrogen) atoms. The molecule has 9 nitrogen and oxygen atoms in total. The fraction of sp³-hybridized carbons (Fsp3) is 0.474. The van der Waals surface area contributed by atoms with Gasteiger partial charge in [0.15, 0.2) is 27.3 Å². The molecule has 2 aromatic rings. The van der Waals surface area contributed by atoms with Crippen LogP contribution in [-0.2, 0) is 24.3 Å². The first-order valence-electron chi connectivity index (χ1n) is 9.68. The fourth-order valence-electron chi connectivity index (χ4n) is 3.98. The minimum absolute atomic E-state index is 0.0115. The number of carbonyl (C=O) groups excluding carboxylic acids is 1. The summed E-state index contributed by atoms with van der Waals surface area (Å²) < 4.78 is 52.4. The van der Waals surface area contributed by atoms with Crippen molar-refractivity contribution in [1.29, 1.82) is 0 Å². The third kappa shape index (κ3) is 4.42. The minimum Gasteiger partial charge on any atom is -0.497 e. The molecule has 3 atom stereocenters. The number of hydrogen-bond donors (Lipinski definition) is 3. The van der Waals surface area contributed by atoms with E-state index in [4.69, 9.17) is 4.74 Å². The van der Waals surface area contributed by atoms with Crippen molar-refractivity contribution in [2.75, 3.05) is 30.1 Å². The molecule has 1 aromatic carbocycles. The number of aromatic amines is 1. The number of nitrogens with zero attached hydrogens (tertiary/aromatic N) is 1. The van der Waals surface area contributed by atoms with Gasteiger partial charge in [-0.3, -0.25) is 4.79 Å². The second-order valence-corrected chi connectivity index (χ2v) is 12.3. The molecule has 3 N–H and O–H groups in total. The molecule has 0 aliphatic carbocycles. The molecule has 11 heteroatoms. The van der Waals surface area contributed by atoms with Crippen LogP contribution in [0.3, 0.4) is 0 Å². The number of sulfone groups is 1. The summed E-state index contributed by atoms with van der Waals surface area (Å²) in [5.74, 6) is 0.658. The number of benzene rings is 1. The largest absolute Gasteiger partial charge is 0.497 e. The molecule has 2 aliphatic rings. The van der Waals surface area contributed by atoms with Gasteiger partial charge in [0.05, 0.1) is 18.9 Å². The normalized spacial score (nSPS) is 27.8. The van der Waals surface area contributed by atoms with Gasteiger partial charge < -0.3 is 10.1 Å². The van der Waals surface area contributed by atoms with Crippen LogP contribution < -0.4 is 14.7 Å². The van der Waals surface area contributed by atoms with Gasteiger partial charge in [-0.2, -0.15) is 9.65 Å². The number of methoxy groups -OCH3 is 1. The van der Waals surface area contributed by atoms with Crippen LogP contribution in [0.15, 0.2) is 30.3 Å². The van der Waals surface area contributed by atoms with E-state index < -0.39 is 20.1 Å². The van der Waals surface area contributed by atoms with Crippen LogP contribution in [0.4, 0.5) is 0 Å². The van der Waals surface area contributed by atoms with Gasteiger partial charge in [-0.05, 0) is 24.3 Å². The lowest BCUT2D eigenvalue weighted by molar-refractivity contribution is -0.759. The molecule has 2 saturated heterocycles. The van der Waals surface area contributed by atoms with Crippen molar-refractivity contribution in [3.63, 3.8) is 0 Å². The predicted octanol–water partition coefficient (Wildman–Crippen LogP) is 0.812. The lowest BCUT2D eigenvalue weighted by Crippen LogP contribution is -2.44. The van der Waals surface area contributed by atoms with Crippen LogP contribution in [0, 0.1) is 0 Å². The number of amides is 1. The van der Waals surface area contributed by atoms with Gasteiger partial charge >= 0.3 is 0 Å². The Morgan fingerprint density at radius 2 is 2.03 bits per heavy atom.